The Labute approximate surface area is 80.7 Å². The van der Waals surface area contributed by atoms with Crippen molar-refractivity contribution in [1.29, 1.82) is 0 Å². The van der Waals surface area contributed by atoms with Crippen LogP contribution in [0.2, 0.25) is 0 Å². The van der Waals surface area contributed by atoms with Gasteiger partial charge in [-0.2, -0.15) is 0 Å². The zero-order chi connectivity index (χ0) is 9.68. The summed E-state index contributed by atoms with van der Waals surface area (Å²) in [5, 5.41) is 0. The molecule has 0 aromatic carbocycles. The van der Waals surface area contributed by atoms with E-state index < -0.39 is 0 Å². The van der Waals surface area contributed by atoms with Crippen LogP contribution < -0.4 is 0 Å². The van der Waals surface area contributed by atoms with E-state index in [0.29, 0.717) is 6.54 Å². The van der Waals surface area contributed by atoms with E-state index in [4.69, 9.17) is 0 Å². The standard InChI is InChI=1S/C10H20N2O/c1-11(2)10(13)9-12-7-5-3-4-6-8-12/h3-9H2,1-2H3. The van der Waals surface area contributed by atoms with Gasteiger partial charge in [0.05, 0.1) is 6.54 Å². The van der Waals surface area contributed by atoms with Crippen LogP contribution in [0.1, 0.15) is 25.7 Å². The van der Waals surface area contributed by atoms with Gasteiger partial charge < -0.3 is 4.90 Å². The number of hydrogen-bond donors (Lipinski definition) is 0. The third kappa shape index (κ3) is 3.77. The molecule has 1 amide bonds. The van der Waals surface area contributed by atoms with Crippen molar-refractivity contribution in [2.75, 3.05) is 33.7 Å². The minimum Gasteiger partial charge on any atom is -0.348 e. The van der Waals surface area contributed by atoms with Crippen LogP contribution in [0.25, 0.3) is 0 Å². The Bertz CT molecular complexity index is 160. The summed E-state index contributed by atoms with van der Waals surface area (Å²) in [6, 6.07) is 0. The van der Waals surface area contributed by atoms with Crippen LogP contribution in [0.4, 0.5) is 0 Å². The van der Waals surface area contributed by atoms with E-state index in [1.807, 2.05) is 14.1 Å². The number of nitrogens with zero attached hydrogens (tertiary/aromatic N) is 2. The van der Waals surface area contributed by atoms with Crippen LogP contribution in [-0.4, -0.2) is 49.4 Å². The van der Waals surface area contributed by atoms with Crippen molar-refractivity contribution < 1.29 is 4.79 Å². The van der Waals surface area contributed by atoms with Gasteiger partial charge in [-0.1, -0.05) is 12.8 Å². The maximum absolute atomic E-state index is 11.4. The van der Waals surface area contributed by atoms with E-state index in [1.54, 1.807) is 4.90 Å². The highest BCUT2D eigenvalue weighted by Gasteiger charge is 2.13. The largest absolute Gasteiger partial charge is 0.348 e. The summed E-state index contributed by atoms with van der Waals surface area (Å²) in [5.74, 6) is 0.224. The molecule has 0 aromatic heterocycles. The second-order valence-corrected chi connectivity index (χ2v) is 3.98. The Morgan fingerprint density at radius 1 is 1.15 bits per heavy atom. The molecule has 1 fully saturated rings. The van der Waals surface area contributed by atoms with E-state index in [0.717, 1.165) is 13.1 Å². The molecule has 0 atom stereocenters. The molecule has 1 heterocycles. The smallest absolute Gasteiger partial charge is 0.236 e. The van der Waals surface area contributed by atoms with Crippen LogP contribution in [0, 0.1) is 0 Å². The van der Waals surface area contributed by atoms with Gasteiger partial charge in [-0.05, 0) is 25.9 Å². The van der Waals surface area contributed by atoms with Crippen molar-refractivity contribution >= 4 is 5.91 Å². The summed E-state index contributed by atoms with van der Waals surface area (Å²) < 4.78 is 0. The summed E-state index contributed by atoms with van der Waals surface area (Å²) in [7, 11) is 3.64. The molecule has 0 aliphatic carbocycles. The third-order valence-electron chi connectivity index (χ3n) is 2.56. The number of carbonyl (C=O) groups excluding carboxylic acids is 1. The van der Waals surface area contributed by atoms with Crippen LogP contribution in [0.5, 0.6) is 0 Å². The fraction of sp³-hybridized carbons (Fsp3) is 0.900. The molecule has 0 spiro atoms. The van der Waals surface area contributed by atoms with Gasteiger partial charge in [0.25, 0.3) is 0 Å². The highest BCUT2D eigenvalue weighted by Crippen LogP contribution is 2.09. The van der Waals surface area contributed by atoms with Gasteiger partial charge in [0, 0.05) is 14.1 Å². The average Bonchev–Trinajstić information content (AvgIpc) is 2.32. The van der Waals surface area contributed by atoms with Gasteiger partial charge >= 0.3 is 0 Å². The van der Waals surface area contributed by atoms with Gasteiger partial charge in [-0.15, -0.1) is 0 Å². The van der Waals surface area contributed by atoms with Crippen molar-refractivity contribution in [3.8, 4) is 0 Å². The predicted molar refractivity (Wildman–Crippen MR) is 53.6 cm³/mol. The summed E-state index contributed by atoms with van der Waals surface area (Å²) in [4.78, 5) is 15.4. The van der Waals surface area contributed by atoms with E-state index in [9.17, 15) is 4.79 Å². The van der Waals surface area contributed by atoms with Crippen LogP contribution >= 0.6 is 0 Å². The van der Waals surface area contributed by atoms with Crippen LogP contribution in [0.15, 0.2) is 0 Å². The van der Waals surface area contributed by atoms with Gasteiger partial charge in [-0.25, -0.2) is 0 Å². The molecular formula is C10H20N2O. The topological polar surface area (TPSA) is 23.6 Å². The molecule has 1 saturated heterocycles. The van der Waals surface area contributed by atoms with E-state index in [1.165, 1.54) is 25.7 Å². The minimum atomic E-state index is 0.224. The number of carbonyl (C=O) groups is 1. The highest BCUT2D eigenvalue weighted by molar-refractivity contribution is 5.77. The number of rotatable bonds is 2. The molecule has 1 rings (SSSR count). The van der Waals surface area contributed by atoms with Gasteiger partial charge in [0.2, 0.25) is 5.91 Å². The van der Waals surface area contributed by atoms with Crippen molar-refractivity contribution in [3.63, 3.8) is 0 Å². The van der Waals surface area contributed by atoms with E-state index in [-0.39, 0.29) is 5.91 Å². The monoisotopic (exact) mass is 184 g/mol. The molecular weight excluding hydrogens is 164 g/mol. The molecule has 0 saturated carbocycles. The summed E-state index contributed by atoms with van der Waals surface area (Å²) in [6.45, 7) is 2.80. The quantitative estimate of drug-likeness (QED) is 0.638. The first-order valence-electron chi connectivity index (χ1n) is 5.12. The maximum Gasteiger partial charge on any atom is 0.236 e. The fourth-order valence-corrected chi connectivity index (χ4v) is 1.63. The van der Waals surface area contributed by atoms with Crippen molar-refractivity contribution in [3.05, 3.63) is 0 Å². The first-order valence-corrected chi connectivity index (χ1v) is 5.12. The molecule has 3 nitrogen and oxygen atoms in total. The molecule has 13 heavy (non-hydrogen) atoms. The molecule has 0 unspecified atom stereocenters. The molecule has 0 radical (unpaired) electrons. The fourth-order valence-electron chi connectivity index (χ4n) is 1.63. The zero-order valence-corrected chi connectivity index (χ0v) is 8.75. The Balaban J connectivity index is 2.29. The lowest BCUT2D eigenvalue weighted by molar-refractivity contribution is -0.129. The SMILES string of the molecule is CN(C)C(=O)CN1CCCCCC1. The van der Waals surface area contributed by atoms with Crippen molar-refractivity contribution in [2.45, 2.75) is 25.7 Å². The van der Waals surface area contributed by atoms with Crippen LogP contribution in [-0.2, 0) is 4.79 Å². The summed E-state index contributed by atoms with van der Waals surface area (Å²) in [5.41, 5.74) is 0. The molecule has 3 heteroatoms. The lowest BCUT2D eigenvalue weighted by Gasteiger charge is -2.21. The molecule has 1 aliphatic rings. The van der Waals surface area contributed by atoms with Crippen molar-refractivity contribution in [2.24, 2.45) is 0 Å². The second-order valence-electron chi connectivity index (χ2n) is 3.98. The number of likely N-dealkylation sites (tertiary alicyclic amines) is 1. The van der Waals surface area contributed by atoms with Gasteiger partial charge in [0.15, 0.2) is 0 Å². The number of likely N-dealkylation sites (N-methyl/N-ethyl adjacent to an activating group) is 1. The normalized spacial score (nSPS) is 19.5. The minimum absolute atomic E-state index is 0.224. The predicted octanol–water partition coefficient (Wildman–Crippen LogP) is 0.951. The average molecular weight is 184 g/mol. The van der Waals surface area contributed by atoms with E-state index in [2.05, 4.69) is 4.90 Å². The molecule has 0 aromatic rings. The first kappa shape index (κ1) is 10.5. The molecule has 1 aliphatic heterocycles. The zero-order valence-electron chi connectivity index (χ0n) is 8.75. The lowest BCUT2D eigenvalue weighted by atomic mass is 10.2. The Hall–Kier alpha value is -0.570. The molecule has 0 bridgehead atoms. The van der Waals surface area contributed by atoms with Gasteiger partial charge in [0.1, 0.15) is 0 Å². The van der Waals surface area contributed by atoms with Crippen LogP contribution in [0.3, 0.4) is 0 Å². The van der Waals surface area contributed by atoms with Crippen molar-refractivity contribution in [1.82, 2.24) is 9.80 Å². The maximum atomic E-state index is 11.4. The highest BCUT2D eigenvalue weighted by atomic mass is 16.2. The third-order valence-corrected chi connectivity index (χ3v) is 2.56. The Morgan fingerprint density at radius 2 is 1.69 bits per heavy atom. The second kappa shape index (κ2) is 5.22. The molecule has 0 N–H and O–H groups in total. The number of amides is 1. The summed E-state index contributed by atoms with van der Waals surface area (Å²) in [6.07, 6.45) is 5.15. The summed E-state index contributed by atoms with van der Waals surface area (Å²) >= 11 is 0. The Morgan fingerprint density at radius 3 is 2.15 bits per heavy atom. The van der Waals surface area contributed by atoms with E-state index >= 15 is 0 Å². The molecule has 76 valence electrons. The van der Waals surface area contributed by atoms with Gasteiger partial charge in [-0.3, -0.25) is 9.69 Å². The first-order chi connectivity index (χ1) is 6.20. The lowest BCUT2D eigenvalue weighted by Crippen LogP contribution is -2.37. The number of hydrogen-bond acceptors (Lipinski definition) is 2. The Kier molecular flexibility index (Phi) is 4.22.